The Bertz CT molecular complexity index is 837. The van der Waals surface area contributed by atoms with Gasteiger partial charge in [-0.25, -0.2) is 15.0 Å². The van der Waals surface area contributed by atoms with Crippen LogP contribution in [0.1, 0.15) is 6.23 Å². The van der Waals surface area contributed by atoms with E-state index in [4.69, 9.17) is 15.0 Å². The van der Waals surface area contributed by atoms with Crippen molar-refractivity contribution < 1.29 is 57.9 Å². The van der Waals surface area contributed by atoms with Crippen LogP contribution in [-0.4, -0.2) is 49.5 Å². The molecule has 11 nitrogen and oxygen atoms in total. The van der Waals surface area contributed by atoms with Crippen molar-refractivity contribution >= 4 is 40.7 Å². The number of rotatable bonds is 1. The fraction of sp³-hybridized carbons (Fsp3) is 0.500. The molecule has 24 heavy (non-hydrogen) atoms. The number of halogens is 1. The third kappa shape index (κ3) is 2.94. The van der Waals surface area contributed by atoms with Crippen LogP contribution in [0.15, 0.2) is 11.1 Å². The molecule has 0 aliphatic carbocycles. The molecular weight excluding hydrogens is 420 g/mol. The predicted octanol–water partition coefficient (Wildman–Crippen LogP) is -3.68. The van der Waals surface area contributed by atoms with Crippen molar-refractivity contribution in [3.05, 3.63) is 11.1 Å². The Morgan fingerprint density at radius 3 is 3.00 bits per heavy atom. The smallest absolute Gasteiger partial charge is 0.756 e. The van der Waals surface area contributed by atoms with Crippen LogP contribution in [-0.2, 0) is 18.3 Å². The number of aliphatic hydroxyl groups is 1. The van der Waals surface area contributed by atoms with Gasteiger partial charge in [0.25, 0.3) is 7.82 Å². The normalized spacial score (nSPS) is 35.6. The molecule has 0 saturated carbocycles. The molecule has 0 spiro atoms. The Labute approximate surface area is 165 Å². The zero-order chi connectivity index (χ0) is 16.4. The predicted molar refractivity (Wildman–Crippen MR) is 75.8 cm³/mol. The third-order valence-corrected chi connectivity index (χ3v) is 5.20. The zero-order valence-corrected chi connectivity index (χ0v) is 16.8. The van der Waals surface area contributed by atoms with Gasteiger partial charge in [-0.15, -0.1) is 0 Å². The van der Waals surface area contributed by atoms with Crippen LogP contribution in [0, 0.1) is 0 Å². The summed E-state index contributed by atoms with van der Waals surface area (Å²) in [6.45, 7) is -0.236. The number of hydrogen-bond donors (Lipinski definition) is 2. The Morgan fingerprint density at radius 1 is 1.50 bits per heavy atom. The van der Waals surface area contributed by atoms with E-state index in [2.05, 4.69) is 35.4 Å². The van der Waals surface area contributed by atoms with E-state index < -0.39 is 32.4 Å². The number of ether oxygens (including phenoxy) is 1. The molecule has 5 atom stereocenters. The van der Waals surface area contributed by atoms with Crippen molar-refractivity contribution in [2.75, 3.05) is 12.3 Å². The monoisotopic (exact) mass is 429 g/mol. The van der Waals surface area contributed by atoms with Crippen molar-refractivity contribution in [1.82, 2.24) is 19.5 Å². The van der Waals surface area contributed by atoms with Crippen LogP contribution in [0.3, 0.4) is 0 Å². The third-order valence-electron chi connectivity index (χ3n) is 3.67. The van der Waals surface area contributed by atoms with E-state index in [-0.39, 0.29) is 42.0 Å². The Hall–Kier alpha value is -0.140. The fourth-order valence-electron chi connectivity index (χ4n) is 2.67. The molecule has 2 saturated heterocycles. The summed E-state index contributed by atoms with van der Waals surface area (Å²) >= 11 is 3.25. The van der Waals surface area contributed by atoms with Gasteiger partial charge in [0, 0.05) is 0 Å². The summed E-state index contributed by atoms with van der Waals surface area (Å²) in [5, 5.41) is 10.4. The van der Waals surface area contributed by atoms with Crippen LogP contribution >= 0.6 is 23.8 Å². The second kappa shape index (κ2) is 6.54. The minimum absolute atomic E-state index is 0. The quantitative estimate of drug-likeness (QED) is 0.262. The number of nitrogens with zero attached hydrogens (tertiary/aromatic N) is 4. The molecule has 3 unspecified atom stereocenters. The van der Waals surface area contributed by atoms with Gasteiger partial charge in [0.2, 0.25) is 0 Å². The second-order valence-corrected chi connectivity index (χ2v) is 7.12. The van der Waals surface area contributed by atoms with Crippen LogP contribution in [0.25, 0.3) is 11.2 Å². The molecule has 0 aromatic carbocycles. The van der Waals surface area contributed by atoms with E-state index in [1.165, 1.54) is 10.9 Å². The molecule has 2 aliphatic heterocycles. The van der Waals surface area contributed by atoms with Crippen LogP contribution in [0.4, 0.5) is 5.82 Å². The average Bonchev–Trinajstić information content (AvgIpc) is 2.97. The molecule has 0 bridgehead atoms. The van der Waals surface area contributed by atoms with Crippen molar-refractivity contribution in [2.24, 2.45) is 0 Å². The van der Waals surface area contributed by atoms with Gasteiger partial charge in [0.05, 0.1) is 6.61 Å². The van der Waals surface area contributed by atoms with Gasteiger partial charge in [0.15, 0.2) is 27.9 Å². The van der Waals surface area contributed by atoms with Crippen molar-refractivity contribution in [3.8, 4) is 0 Å². The minimum atomic E-state index is -4.44. The van der Waals surface area contributed by atoms with Crippen LogP contribution < -0.4 is 40.2 Å². The first-order chi connectivity index (χ1) is 10.9. The number of aliphatic hydroxyl groups excluding tert-OH is 1. The maximum atomic E-state index is 11.4. The molecule has 2 fully saturated rings. The van der Waals surface area contributed by atoms with Gasteiger partial charge >= 0.3 is 29.6 Å². The van der Waals surface area contributed by atoms with Crippen molar-refractivity contribution in [1.29, 1.82) is 0 Å². The molecule has 4 heterocycles. The first-order valence-corrected chi connectivity index (χ1v) is 8.74. The molecule has 3 N–H and O–H groups in total. The summed E-state index contributed by atoms with van der Waals surface area (Å²) < 4.78 is 28.2. The zero-order valence-electron chi connectivity index (χ0n) is 12.3. The van der Waals surface area contributed by atoms with E-state index in [1.54, 1.807) is 0 Å². The largest absolute Gasteiger partial charge is 1.00 e. The van der Waals surface area contributed by atoms with E-state index in [9.17, 15) is 14.6 Å². The number of fused-ring (bicyclic) bond motifs is 2. The SMILES string of the molecule is Nc1ncnc2c1nc(Br)n2[C@@H]1OC2COP(=O)([O-])O[C@H]2C1O.[Na+]. The Balaban J connectivity index is 0.00000169. The molecule has 4 rings (SSSR count). The number of imidazole rings is 1. The van der Waals surface area contributed by atoms with Gasteiger partial charge in [-0.1, -0.05) is 0 Å². The van der Waals surface area contributed by atoms with E-state index in [0.29, 0.717) is 15.9 Å². The van der Waals surface area contributed by atoms with E-state index >= 15 is 0 Å². The molecule has 2 aromatic heterocycles. The minimum Gasteiger partial charge on any atom is -0.756 e. The summed E-state index contributed by atoms with van der Waals surface area (Å²) in [5.41, 5.74) is 6.41. The standard InChI is InChI=1S/C10H11BrN5O6P.Na/c11-10-15-4-7(12)13-2-14-8(4)16(10)9-5(17)6-3(21-9)1-20-23(18,19)22-6;/h2-3,5-6,9,17H,1H2,(H,18,19)(H2,12,13,14);/q;+1/p-1/t3?,5?,6-,9-;/m1./s1. The number of aromatic nitrogens is 4. The number of nitrogen functional groups attached to an aromatic ring is 1. The summed E-state index contributed by atoms with van der Waals surface area (Å²) in [7, 11) is -4.44. The number of hydrogen-bond acceptors (Lipinski definition) is 10. The molecule has 124 valence electrons. The molecule has 14 heteroatoms. The number of nitrogens with two attached hydrogens (primary N) is 1. The van der Waals surface area contributed by atoms with E-state index in [1.807, 2.05) is 0 Å². The van der Waals surface area contributed by atoms with Gasteiger partial charge < -0.3 is 29.5 Å². The average molecular weight is 430 g/mol. The number of anilines is 1. The first kappa shape index (κ1) is 18.6. The molecule has 0 amide bonds. The van der Waals surface area contributed by atoms with Crippen molar-refractivity contribution in [2.45, 2.75) is 24.5 Å². The molecule has 2 aliphatic rings. The van der Waals surface area contributed by atoms with Crippen LogP contribution in [0.5, 0.6) is 0 Å². The second-order valence-electron chi connectivity index (χ2n) is 5.05. The topological polar surface area (TPSA) is 158 Å². The summed E-state index contributed by atoms with van der Waals surface area (Å²) in [4.78, 5) is 23.5. The molecule has 0 radical (unpaired) electrons. The molecular formula is C10H10BrN5NaO6P. The number of phosphoric ester groups is 1. The summed E-state index contributed by atoms with van der Waals surface area (Å²) in [6.07, 6.45) is -2.80. The van der Waals surface area contributed by atoms with Gasteiger partial charge in [0.1, 0.15) is 24.6 Å². The molecule has 2 aromatic rings. The van der Waals surface area contributed by atoms with Gasteiger partial charge in [-0.2, -0.15) is 0 Å². The number of phosphoric acid groups is 1. The Morgan fingerprint density at radius 2 is 2.25 bits per heavy atom. The van der Waals surface area contributed by atoms with Crippen LogP contribution in [0.2, 0.25) is 0 Å². The first-order valence-electron chi connectivity index (χ1n) is 6.49. The maximum absolute atomic E-state index is 11.4. The fourth-order valence-corrected chi connectivity index (χ4v) is 4.16. The summed E-state index contributed by atoms with van der Waals surface area (Å²) in [5.74, 6) is 0.169. The summed E-state index contributed by atoms with van der Waals surface area (Å²) in [6, 6.07) is 0. The maximum Gasteiger partial charge on any atom is 1.00 e. The van der Waals surface area contributed by atoms with Gasteiger partial charge in [-0.3, -0.25) is 9.13 Å². The van der Waals surface area contributed by atoms with Gasteiger partial charge in [-0.05, 0) is 15.9 Å². The van der Waals surface area contributed by atoms with Crippen molar-refractivity contribution in [3.63, 3.8) is 0 Å². The van der Waals surface area contributed by atoms with E-state index in [0.717, 1.165) is 0 Å². The Kier molecular flexibility index (Phi) is 5.08.